The molecule has 0 aromatic carbocycles. The second kappa shape index (κ2) is 6.36. The summed E-state index contributed by atoms with van der Waals surface area (Å²) < 4.78 is 0. The molecule has 0 aromatic heterocycles. The molecule has 0 amide bonds. The number of hydrogen-bond acceptors (Lipinski definition) is 2. The predicted octanol–water partition coefficient (Wildman–Crippen LogP) is 3.82. The summed E-state index contributed by atoms with van der Waals surface area (Å²) >= 11 is 1.92. The molecule has 0 spiro atoms. The van der Waals surface area contributed by atoms with Gasteiger partial charge in [-0.3, -0.25) is 0 Å². The van der Waals surface area contributed by atoms with Crippen molar-refractivity contribution >= 4 is 11.8 Å². The number of nitrogens with zero attached hydrogens (tertiary/aromatic N) is 1. The molecule has 1 atom stereocenters. The molecule has 1 unspecified atom stereocenters. The zero-order valence-corrected chi connectivity index (χ0v) is 9.65. The fourth-order valence-electron chi connectivity index (χ4n) is 1.58. The van der Waals surface area contributed by atoms with E-state index >= 15 is 0 Å². The average Bonchev–Trinajstić information content (AvgIpc) is 2.52. The van der Waals surface area contributed by atoms with Gasteiger partial charge < -0.3 is 4.90 Å². The molecule has 0 saturated carbocycles. The van der Waals surface area contributed by atoms with Crippen molar-refractivity contribution in [1.82, 2.24) is 4.90 Å². The summed E-state index contributed by atoms with van der Waals surface area (Å²) in [7, 11) is 0. The highest BCUT2D eigenvalue weighted by molar-refractivity contribution is 8.02. The molecule has 1 aliphatic heterocycles. The minimum atomic E-state index is 0.672. The zero-order chi connectivity index (χ0) is 9.52. The summed E-state index contributed by atoms with van der Waals surface area (Å²) in [5.74, 6) is 0. The van der Waals surface area contributed by atoms with E-state index < -0.39 is 0 Å². The van der Waals surface area contributed by atoms with E-state index in [9.17, 15) is 0 Å². The van der Waals surface area contributed by atoms with Crippen molar-refractivity contribution in [2.24, 2.45) is 0 Å². The van der Waals surface area contributed by atoms with Crippen molar-refractivity contribution in [3.8, 4) is 0 Å². The molecule has 1 aliphatic rings. The summed E-state index contributed by atoms with van der Waals surface area (Å²) in [4.78, 5) is 2.44. The smallest absolute Gasteiger partial charge is 0.0758 e. The van der Waals surface area contributed by atoms with Gasteiger partial charge in [0.25, 0.3) is 0 Å². The van der Waals surface area contributed by atoms with Crippen LogP contribution in [0.1, 0.15) is 46.0 Å². The third kappa shape index (κ3) is 4.08. The van der Waals surface area contributed by atoms with E-state index in [2.05, 4.69) is 30.4 Å². The predicted molar refractivity (Wildman–Crippen MR) is 61.7 cm³/mol. The first-order valence-electron chi connectivity index (χ1n) is 5.42. The average molecular weight is 199 g/mol. The van der Waals surface area contributed by atoms with E-state index in [1.54, 1.807) is 0 Å². The van der Waals surface area contributed by atoms with Gasteiger partial charge in [-0.25, -0.2) is 0 Å². The van der Waals surface area contributed by atoms with Crippen LogP contribution in [0.15, 0.2) is 11.6 Å². The Morgan fingerprint density at radius 1 is 1.23 bits per heavy atom. The lowest BCUT2D eigenvalue weighted by Crippen LogP contribution is -2.22. The molecule has 0 bridgehead atoms. The van der Waals surface area contributed by atoms with Crippen molar-refractivity contribution < 1.29 is 0 Å². The molecule has 0 radical (unpaired) electrons. The highest BCUT2D eigenvalue weighted by Crippen LogP contribution is 2.24. The molecule has 2 heteroatoms. The maximum atomic E-state index is 2.44. The molecule has 0 aliphatic carbocycles. The standard InChI is InChI=1S/C11H21NS/c1-3-4-5-6-7-8-12-9-10-13-11(12)2/h9-11H,3-8H2,1-2H3. The Morgan fingerprint density at radius 2 is 2.00 bits per heavy atom. The number of unbranched alkanes of at least 4 members (excludes halogenated alkanes) is 4. The van der Waals surface area contributed by atoms with Gasteiger partial charge >= 0.3 is 0 Å². The first kappa shape index (κ1) is 11.0. The van der Waals surface area contributed by atoms with Gasteiger partial charge in [-0.2, -0.15) is 0 Å². The molecule has 0 saturated heterocycles. The van der Waals surface area contributed by atoms with E-state index in [1.165, 1.54) is 38.6 Å². The van der Waals surface area contributed by atoms with Gasteiger partial charge in [0.15, 0.2) is 0 Å². The van der Waals surface area contributed by atoms with E-state index in [0.29, 0.717) is 5.37 Å². The van der Waals surface area contributed by atoms with Crippen LogP contribution in [0.3, 0.4) is 0 Å². The molecular weight excluding hydrogens is 178 g/mol. The maximum Gasteiger partial charge on any atom is 0.0758 e. The third-order valence-corrected chi connectivity index (χ3v) is 3.46. The van der Waals surface area contributed by atoms with Crippen molar-refractivity contribution in [3.05, 3.63) is 11.6 Å². The van der Waals surface area contributed by atoms with Gasteiger partial charge in [-0.1, -0.05) is 32.6 Å². The van der Waals surface area contributed by atoms with Crippen molar-refractivity contribution in [1.29, 1.82) is 0 Å². The Labute approximate surface area is 86.6 Å². The molecule has 0 fully saturated rings. The summed E-state index contributed by atoms with van der Waals surface area (Å²) in [6.07, 6.45) is 9.14. The quantitative estimate of drug-likeness (QED) is 0.598. The summed E-state index contributed by atoms with van der Waals surface area (Å²) in [5.41, 5.74) is 0. The van der Waals surface area contributed by atoms with Gasteiger partial charge in [-0.15, -0.1) is 11.8 Å². The highest BCUT2D eigenvalue weighted by atomic mass is 32.2. The highest BCUT2D eigenvalue weighted by Gasteiger charge is 2.12. The van der Waals surface area contributed by atoms with Crippen LogP contribution >= 0.6 is 11.8 Å². The molecule has 76 valence electrons. The van der Waals surface area contributed by atoms with E-state index in [4.69, 9.17) is 0 Å². The largest absolute Gasteiger partial charge is 0.365 e. The monoisotopic (exact) mass is 199 g/mol. The summed E-state index contributed by atoms with van der Waals surface area (Å²) in [6, 6.07) is 0. The van der Waals surface area contributed by atoms with Gasteiger partial charge in [0.2, 0.25) is 0 Å². The molecule has 1 nitrogen and oxygen atoms in total. The van der Waals surface area contributed by atoms with Gasteiger partial charge in [0.05, 0.1) is 5.37 Å². The molecular formula is C11H21NS. The van der Waals surface area contributed by atoms with Gasteiger partial charge in [0.1, 0.15) is 0 Å². The van der Waals surface area contributed by atoms with E-state index in [0.717, 1.165) is 0 Å². The van der Waals surface area contributed by atoms with Gasteiger partial charge in [0, 0.05) is 12.7 Å². The van der Waals surface area contributed by atoms with Crippen LogP contribution in [0, 0.1) is 0 Å². The second-order valence-corrected chi connectivity index (χ2v) is 4.90. The SMILES string of the molecule is CCCCCCCN1C=CSC1C. The topological polar surface area (TPSA) is 3.24 Å². The third-order valence-electron chi connectivity index (χ3n) is 2.51. The maximum absolute atomic E-state index is 2.44. The molecule has 1 heterocycles. The number of hydrogen-bond donors (Lipinski definition) is 0. The zero-order valence-electron chi connectivity index (χ0n) is 8.83. The number of rotatable bonds is 6. The van der Waals surface area contributed by atoms with E-state index in [-0.39, 0.29) is 0 Å². The van der Waals surface area contributed by atoms with Crippen molar-refractivity contribution in [3.63, 3.8) is 0 Å². The minimum absolute atomic E-state index is 0.672. The lowest BCUT2D eigenvalue weighted by molar-refractivity contribution is 0.363. The lowest BCUT2D eigenvalue weighted by Gasteiger charge is -2.20. The Kier molecular flexibility index (Phi) is 5.37. The molecule has 0 aromatic rings. The normalized spacial score (nSPS) is 21.4. The fourth-order valence-corrected chi connectivity index (χ4v) is 2.37. The van der Waals surface area contributed by atoms with Crippen LogP contribution in [0.25, 0.3) is 0 Å². The Balaban J connectivity index is 1.96. The molecule has 1 rings (SSSR count). The van der Waals surface area contributed by atoms with Crippen LogP contribution in [-0.4, -0.2) is 16.8 Å². The van der Waals surface area contributed by atoms with Gasteiger partial charge in [-0.05, 0) is 18.8 Å². The first-order chi connectivity index (χ1) is 6.34. The van der Waals surface area contributed by atoms with Crippen LogP contribution < -0.4 is 0 Å². The summed E-state index contributed by atoms with van der Waals surface area (Å²) in [6.45, 7) is 5.78. The van der Waals surface area contributed by atoms with Crippen LogP contribution in [0.2, 0.25) is 0 Å². The summed E-state index contributed by atoms with van der Waals surface area (Å²) in [5, 5.41) is 2.88. The fraction of sp³-hybridized carbons (Fsp3) is 0.818. The Morgan fingerprint density at radius 3 is 2.62 bits per heavy atom. The van der Waals surface area contributed by atoms with Crippen molar-refractivity contribution in [2.75, 3.05) is 6.54 Å². The van der Waals surface area contributed by atoms with Crippen LogP contribution in [0.4, 0.5) is 0 Å². The molecule has 13 heavy (non-hydrogen) atoms. The Hall–Kier alpha value is -0.110. The molecule has 0 N–H and O–H groups in total. The van der Waals surface area contributed by atoms with E-state index in [1.807, 2.05) is 11.8 Å². The minimum Gasteiger partial charge on any atom is -0.365 e. The first-order valence-corrected chi connectivity index (χ1v) is 6.36. The number of thioether (sulfide) groups is 1. The van der Waals surface area contributed by atoms with Crippen LogP contribution in [-0.2, 0) is 0 Å². The van der Waals surface area contributed by atoms with Crippen LogP contribution in [0.5, 0.6) is 0 Å². The Bertz CT molecular complexity index is 156. The lowest BCUT2D eigenvalue weighted by atomic mass is 10.1. The van der Waals surface area contributed by atoms with Crippen molar-refractivity contribution in [2.45, 2.75) is 51.3 Å². The second-order valence-electron chi connectivity index (χ2n) is 3.67.